The van der Waals surface area contributed by atoms with E-state index < -0.39 is 17.9 Å². The number of fused-ring (bicyclic) bond motifs is 6. The monoisotopic (exact) mass is 536 g/mol. The number of esters is 2. The highest BCUT2D eigenvalue weighted by Gasteiger charge is 2.49. The first kappa shape index (κ1) is 26.2. The Morgan fingerprint density at radius 3 is 2.52 bits per heavy atom. The van der Waals surface area contributed by atoms with Crippen LogP contribution in [0.1, 0.15) is 91.3 Å². The van der Waals surface area contributed by atoms with Crippen LogP contribution in [-0.4, -0.2) is 39.4 Å². The Morgan fingerprint density at radius 2 is 1.82 bits per heavy atom. The average molecular weight is 537 g/mol. The van der Waals surface area contributed by atoms with Crippen molar-refractivity contribution in [2.24, 2.45) is 21.8 Å². The third kappa shape index (κ3) is 3.78. The van der Waals surface area contributed by atoms with E-state index in [9.17, 15) is 9.59 Å². The van der Waals surface area contributed by atoms with Crippen molar-refractivity contribution in [3.05, 3.63) is 67.8 Å². The van der Waals surface area contributed by atoms with Crippen LogP contribution in [0.2, 0.25) is 0 Å². The Hall–Kier alpha value is -4.00. The summed E-state index contributed by atoms with van der Waals surface area (Å²) in [5.74, 6) is -1.55. The van der Waals surface area contributed by atoms with E-state index >= 15 is 0 Å². The van der Waals surface area contributed by atoms with E-state index in [1.807, 2.05) is 19.1 Å². The maximum Gasteiger partial charge on any atom is 0.347 e. The quantitative estimate of drug-likeness (QED) is 0.422. The summed E-state index contributed by atoms with van der Waals surface area (Å²) in [6, 6.07) is -0.336. The van der Waals surface area contributed by atoms with Crippen molar-refractivity contribution in [3.63, 3.8) is 0 Å². The molecule has 2 unspecified atom stereocenters. The van der Waals surface area contributed by atoms with Gasteiger partial charge in [-0.05, 0) is 80.0 Å². The molecule has 2 aromatic heterocycles. The normalized spacial score (nSPS) is 25.2. The number of cyclic esters (lactones) is 2. The van der Waals surface area contributed by atoms with Gasteiger partial charge >= 0.3 is 11.9 Å². The van der Waals surface area contributed by atoms with Crippen molar-refractivity contribution in [2.45, 2.75) is 72.8 Å². The molecular weight excluding hydrogens is 500 g/mol. The van der Waals surface area contributed by atoms with Gasteiger partial charge in [0.05, 0.1) is 23.0 Å². The molecule has 2 N–H and O–H groups in total. The third-order valence-electron chi connectivity index (χ3n) is 9.26. The van der Waals surface area contributed by atoms with Gasteiger partial charge in [-0.1, -0.05) is 39.8 Å². The molecule has 4 atom stereocenters. The summed E-state index contributed by atoms with van der Waals surface area (Å²) in [6.45, 7) is 16.6. The van der Waals surface area contributed by atoms with Crippen LogP contribution in [0.3, 0.4) is 0 Å². The van der Waals surface area contributed by atoms with Gasteiger partial charge in [0.2, 0.25) is 0 Å². The Bertz CT molecular complexity index is 1740. The van der Waals surface area contributed by atoms with Gasteiger partial charge in [-0.25, -0.2) is 9.79 Å². The van der Waals surface area contributed by atoms with Gasteiger partial charge < -0.3 is 14.7 Å². The van der Waals surface area contributed by atoms with Crippen molar-refractivity contribution in [1.29, 1.82) is 0 Å². The lowest BCUT2D eigenvalue weighted by Gasteiger charge is -2.29. The van der Waals surface area contributed by atoms with Crippen molar-refractivity contribution < 1.29 is 14.3 Å². The number of carbonyl (C=O) groups is 2. The minimum Gasteiger partial charge on any atom is -0.389 e. The molecule has 7 heteroatoms. The maximum atomic E-state index is 13.4. The minimum absolute atomic E-state index is 0.132. The molecule has 0 saturated carbocycles. The molecule has 0 aliphatic carbocycles. The molecule has 0 fully saturated rings. The van der Waals surface area contributed by atoms with E-state index in [1.165, 1.54) is 0 Å². The zero-order valence-corrected chi connectivity index (χ0v) is 24.1. The smallest absolute Gasteiger partial charge is 0.347 e. The number of ether oxygens (including phenoxy) is 1. The van der Waals surface area contributed by atoms with Gasteiger partial charge in [-0.15, -0.1) is 0 Å². The van der Waals surface area contributed by atoms with Crippen LogP contribution in [-0.2, 0) is 9.53 Å². The lowest BCUT2D eigenvalue weighted by atomic mass is 9.77. The first-order chi connectivity index (χ1) is 19.2. The average Bonchev–Trinajstić information content (AvgIpc) is 3.58. The molecule has 8 bridgehead atoms. The fourth-order valence-electron chi connectivity index (χ4n) is 6.99. The Balaban J connectivity index is 1.70. The maximum absolute atomic E-state index is 13.4. The second-order valence-corrected chi connectivity index (χ2v) is 11.4. The summed E-state index contributed by atoms with van der Waals surface area (Å²) in [4.78, 5) is 43.8. The summed E-state index contributed by atoms with van der Waals surface area (Å²) in [6.07, 6.45) is 10.8. The molecule has 0 aromatic carbocycles. The van der Waals surface area contributed by atoms with E-state index in [0.717, 1.165) is 80.6 Å². The first-order valence-corrected chi connectivity index (χ1v) is 14.3. The minimum atomic E-state index is -0.681. The van der Waals surface area contributed by atoms with Gasteiger partial charge in [0.1, 0.15) is 5.92 Å². The molecule has 0 saturated heterocycles. The highest BCUT2D eigenvalue weighted by molar-refractivity contribution is 6.23. The second-order valence-electron chi connectivity index (χ2n) is 11.4. The highest BCUT2D eigenvalue weighted by atomic mass is 16.6. The van der Waals surface area contributed by atoms with Gasteiger partial charge in [0, 0.05) is 39.3 Å². The fraction of sp³-hybridized carbons (Fsp3) is 0.394. The molecule has 6 rings (SSSR count). The molecule has 0 amide bonds. The molecule has 2 aromatic rings. The van der Waals surface area contributed by atoms with E-state index in [-0.39, 0.29) is 17.9 Å². The lowest BCUT2D eigenvalue weighted by molar-refractivity contribution is -0.141. The fourth-order valence-corrected chi connectivity index (χ4v) is 6.99. The number of carbonyl (C=O) groups excluding carboxylic acids is 2. The number of H-pyrrole nitrogens is 2. The molecule has 6 heterocycles. The Kier molecular flexibility index (Phi) is 6.28. The number of hydrogen-bond donors (Lipinski definition) is 2. The molecule has 7 nitrogen and oxygen atoms in total. The van der Waals surface area contributed by atoms with Crippen molar-refractivity contribution in [3.8, 4) is 0 Å². The summed E-state index contributed by atoms with van der Waals surface area (Å²) in [5, 5.41) is 1.93. The van der Waals surface area contributed by atoms with Gasteiger partial charge in [-0.2, -0.15) is 0 Å². The number of allylic oxidation sites excluding steroid dienone is 2. The number of nitrogens with one attached hydrogen (secondary N) is 2. The number of aromatic nitrogens is 2. The standard InChI is InChI=1S/C33H36N4O3/c1-8-11-21-17(6)24-12-22-15(4)19(9-2)26(34-22)13-23-16(5)20(10-3)27(35-23)14-25-18(7)28-31(37-25)29(30(21)36-24)33(39)40-32(28)38/h9,12-14,17,21,29-30,34,37H,2,8,10-11H2,1,3-7H3/t17-,21-,29?,30?/m0/s1. The van der Waals surface area contributed by atoms with E-state index in [1.54, 1.807) is 0 Å². The predicted molar refractivity (Wildman–Crippen MR) is 160 cm³/mol. The number of aromatic amines is 2. The van der Waals surface area contributed by atoms with Gasteiger partial charge in [0.25, 0.3) is 0 Å². The van der Waals surface area contributed by atoms with Crippen LogP contribution in [0, 0.1) is 25.7 Å². The summed E-state index contributed by atoms with van der Waals surface area (Å²) >= 11 is 0. The summed E-state index contributed by atoms with van der Waals surface area (Å²) < 4.78 is 5.38. The Morgan fingerprint density at radius 1 is 1.05 bits per heavy atom. The summed E-state index contributed by atoms with van der Waals surface area (Å²) in [7, 11) is 0. The molecule has 206 valence electrons. The number of aliphatic imine (C=N–C) groups is 2. The lowest BCUT2D eigenvalue weighted by Crippen LogP contribution is -2.37. The van der Waals surface area contributed by atoms with E-state index in [2.05, 4.69) is 63.3 Å². The third-order valence-corrected chi connectivity index (χ3v) is 9.26. The molecule has 0 spiro atoms. The molecule has 4 aliphatic heterocycles. The summed E-state index contributed by atoms with van der Waals surface area (Å²) in [5.41, 5.74) is 9.68. The van der Waals surface area contributed by atoms with Gasteiger partial charge in [0.15, 0.2) is 0 Å². The van der Waals surface area contributed by atoms with Crippen LogP contribution in [0.15, 0.2) is 33.4 Å². The molecule has 40 heavy (non-hydrogen) atoms. The van der Waals surface area contributed by atoms with Crippen LogP contribution >= 0.6 is 0 Å². The molecular formula is C33H36N4O3. The van der Waals surface area contributed by atoms with Crippen LogP contribution in [0.4, 0.5) is 0 Å². The number of hydrogen-bond acceptors (Lipinski definition) is 5. The van der Waals surface area contributed by atoms with Crippen molar-refractivity contribution in [2.75, 3.05) is 0 Å². The number of rotatable bonds is 4. The van der Waals surface area contributed by atoms with E-state index in [4.69, 9.17) is 14.7 Å². The van der Waals surface area contributed by atoms with Crippen molar-refractivity contribution in [1.82, 2.24) is 9.97 Å². The zero-order valence-electron chi connectivity index (χ0n) is 24.1. The van der Waals surface area contributed by atoms with Crippen LogP contribution in [0.5, 0.6) is 0 Å². The van der Waals surface area contributed by atoms with Gasteiger partial charge in [-0.3, -0.25) is 9.79 Å². The second kappa shape index (κ2) is 9.58. The van der Waals surface area contributed by atoms with Crippen LogP contribution < -0.4 is 10.7 Å². The molecule has 0 radical (unpaired) electrons. The predicted octanol–water partition coefficient (Wildman–Crippen LogP) is 5.06. The topological polar surface area (TPSA) is 99.7 Å². The Labute approximate surface area is 234 Å². The highest BCUT2D eigenvalue weighted by Crippen LogP contribution is 2.44. The van der Waals surface area contributed by atoms with Crippen LogP contribution in [0.25, 0.3) is 24.3 Å². The largest absolute Gasteiger partial charge is 0.389 e. The SMILES string of the molecule is C=Cc1c(C)c2[nH]c1=CC1=NC(=Cc3[nH]c4c(c3C)C(=O)OC(=O)C4C3N=C(C=2)[C@@H](C)[C@@H]3CCC)C(CC)=C1C. The van der Waals surface area contributed by atoms with E-state index in [0.29, 0.717) is 11.3 Å². The molecule has 4 aliphatic rings. The zero-order chi connectivity index (χ0) is 28.5. The first-order valence-electron chi connectivity index (χ1n) is 14.3. The van der Waals surface area contributed by atoms with Crippen molar-refractivity contribution >= 4 is 47.7 Å². The number of nitrogens with zero attached hydrogens (tertiary/aromatic N) is 2.